The molecule has 2 rings (SSSR count). The number of carboxylic acids is 1. The minimum atomic E-state index is -0.812. The molecule has 100 valence electrons. The zero-order valence-electron chi connectivity index (χ0n) is 10.8. The quantitative estimate of drug-likeness (QED) is 0.771. The summed E-state index contributed by atoms with van der Waals surface area (Å²) in [6.07, 6.45) is 4.53. The van der Waals surface area contributed by atoms with Crippen molar-refractivity contribution in [3.05, 3.63) is 5.82 Å². The van der Waals surface area contributed by atoms with Gasteiger partial charge >= 0.3 is 5.97 Å². The zero-order valence-corrected chi connectivity index (χ0v) is 11.6. The van der Waals surface area contributed by atoms with Gasteiger partial charge in [0, 0.05) is 12.0 Å². The van der Waals surface area contributed by atoms with E-state index >= 15 is 0 Å². The molecule has 1 aliphatic rings. The normalized spacial score (nSPS) is 16.8. The first-order chi connectivity index (χ1) is 8.63. The van der Waals surface area contributed by atoms with E-state index in [0.29, 0.717) is 12.0 Å². The fourth-order valence-corrected chi connectivity index (χ4v) is 2.82. The lowest BCUT2D eigenvalue weighted by Gasteiger charge is -2.13. The van der Waals surface area contributed by atoms with E-state index < -0.39 is 5.97 Å². The van der Waals surface area contributed by atoms with Crippen LogP contribution in [0.15, 0.2) is 5.16 Å². The van der Waals surface area contributed by atoms with Crippen molar-refractivity contribution >= 4 is 17.7 Å². The molecule has 0 bridgehead atoms. The third kappa shape index (κ3) is 3.04. The summed E-state index contributed by atoms with van der Waals surface area (Å²) in [6, 6.07) is 0.491. The van der Waals surface area contributed by atoms with Crippen molar-refractivity contribution < 1.29 is 9.90 Å². The van der Waals surface area contributed by atoms with E-state index in [1.807, 2.05) is 0 Å². The van der Waals surface area contributed by atoms with Gasteiger partial charge in [0.2, 0.25) is 0 Å². The summed E-state index contributed by atoms with van der Waals surface area (Å²) in [5, 5.41) is 17.9. The Bertz CT molecular complexity index is 429. The largest absolute Gasteiger partial charge is 0.481 e. The minimum absolute atomic E-state index is 0.0486. The average Bonchev–Trinajstić information content (AvgIpc) is 3.06. The predicted octanol–water partition coefficient (Wildman–Crippen LogP) is 2.69. The van der Waals surface area contributed by atoms with Gasteiger partial charge in [-0.2, -0.15) is 0 Å². The molecule has 0 amide bonds. The fourth-order valence-electron chi connectivity index (χ4n) is 2.09. The highest BCUT2D eigenvalue weighted by Gasteiger charge is 2.31. The van der Waals surface area contributed by atoms with E-state index in [2.05, 4.69) is 28.6 Å². The van der Waals surface area contributed by atoms with Crippen molar-refractivity contribution in [1.82, 2.24) is 14.8 Å². The van der Waals surface area contributed by atoms with Crippen LogP contribution in [-0.2, 0) is 4.79 Å². The van der Waals surface area contributed by atoms with Gasteiger partial charge in [0.1, 0.15) is 5.82 Å². The Labute approximate surface area is 111 Å². The van der Waals surface area contributed by atoms with Crippen LogP contribution in [0.5, 0.6) is 0 Å². The second kappa shape index (κ2) is 5.73. The van der Waals surface area contributed by atoms with Gasteiger partial charge in [-0.15, -0.1) is 10.2 Å². The number of thioether (sulfide) groups is 1. The van der Waals surface area contributed by atoms with Crippen LogP contribution in [0, 0.1) is 0 Å². The van der Waals surface area contributed by atoms with Gasteiger partial charge in [-0.05, 0) is 19.3 Å². The Morgan fingerprint density at radius 1 is 1.56 bits per heavy atom. The molecule has 1 N–H and O–H groups in total. The van der Waals surface area contributed by atoms with Crippen molar-refractivity contribution in [2.24, 2.45) is 0 Å². The standard InChI is InChI=1S/C12H19N3O2S/c1-3-4-8(2)11-13-14-12(18-7-10(16)17)15(11)9-5-6-9/h8-9H,3-7H2,1-2H3,(H,16,17). The van der Waals surface area contributed by atoms with Gasteiger partial charge in [-0.1, -0.05) is 32.0 Å². The van der Waals surface area contributed by atoms with Gasteiger partial charge in [0.15, 0.2) is 5.16 Å². The Hall–Kier alpha value is -1.04. The molecule has 0 spiro atoms. The van der Waals surface area contributed by atoms with Crippen LogP contribution in [0.25, 0.3) is 0 Å². The first-order valence-electron chi connectivity index (χ1n) is 6.42. The molecule has 5 nitrogen and oxygen atoms in total. The van der Waals surface area contributed by atoms with Crippen LogP contribution in [0.1, 0.15) is 57.3 Å². The van der Waals surface area contributed by atoms with Crippen LogP contribution >= 0.6 is 11.8 Å². The Morgan fingerprint density at radius 3 is 2.83 bits per heavy atom. The molecule has 1 atom stereocenters. The Balaban J connectivity index is 2.17. The van der Waals surface area contributed by atoms with Crippen LogP contribution in [0.3, 0.4) is 0 Å². The van der Waals surface area contributed by atoms with E-state index in [1.54, 1.807) is 0 Å². The third-order valence-electron chi connectivity index (χ3n) is 3.09. The lowest BCUT2D eigenvalue weighted by atomic mass is 10.1. The van der Waals surface area contributed by atoms with E-state index in [9.17, 15) is 4.79 Å². The van der Waals surface area contributed by atoms with Gasteiger partial charge < -0.3 is 9.67 Å². The molecule has 1 aromatic rings. The molecular formula is C12H19N3O2S. The maximum absolute atomic E-state index is 10.6. The van der Waals surface area contributed by atoms with E-state index in [4.69, 9.17) is 5.11 Å². The number of nitrogens with zero attached hydrogens (tertiary/aromatic N) is 3. The lowest BCUT2D eigenvalue weighted by Crippen LogP contribution is -2.08. The van der Waals surface area contributed by atoms with Crippen molar-refractivity contribution in [2.45, 2.75) is 56.6 Å². The molecule has 1 aromatic heterocycles. The molecule has 0 aliphatic heterocycles. The second-order valence-corrected chi connectivity index (χ2v) is 5.76. The average molecular weight is 269 g/mol. The summed E-state index contributed by atoms with van der Waals surface area (Å²) in [6.45, 7) is 4.33. The van der Waals surface area contributed by atoms with Gasteiger partial charge in [0.25, 0.3) is 0 Å². The molecule has 1 saturated carbocycles. The monoisotopic (exact) mass is 269 g/mol. The zero-order chi connectivity index (χ0) is 13.1. The summed E-state index contributed by atoms with van der Waals surface area (Å²) in [7, 11) is 0. The number of aromatic nitrogens is 3. The molecule has 1 fully saturated rings. The van der Waals surface area contributed by atoms with Crippen molar-refractivity contribution in [2.75, 3.05) is 5.75 Å². The molecule has 1 aliphatic carbocycles. The topological polar surface area (TPSA) is 68.0 Å². The van der Waals surface area contributed by atoms with Crippen molar-refractivity contribution in [3.63, 3.8) is 0 Å². The molecule has 0 aromatic carbocycles. The van der Waals surface area contributed by atoms with E-state index in [0.717, 1.165) is 36.7 Å². The van der Waals surface area contributed by atoms with Crippen molar-refractivity contribution in [1.29, 1.82) is 0 Å². The van der Waals surface area contributed by atoms with Crippen LogP contribution in [0.4, 0.5) is 0 Å². The minimum Gasteiger partial charge on any atom is -0.481 e. The molecule has 1 heterocycles. The Morgan fingerprint density at radius 2 is 2.28 bits per heavy atom. The number of carboxylic acid groups (broad SMARTS) is 1. The molecule has 0 saturated heterocycles. The van der Waals surface area contributed by atoms with Gasteiger partial charge in [0.05, 0.1) is 5.75 Å². The summed E-state index contributed by atoms with van der Waals surface area (Å²) in [5.41, 5.74) is 0. The SMILES string of the molecule is CCCC(C)c1nnc(SCC(=O)O)n1C1CC1. The number of rotatable bonds is 7. The lowest BCUT2D eigenvalue weighted by molar-refractivity contribution is -0.133. The first-order valence-corrected chi connectivity index (χ1v) is 7.41. The molecule has 1 unspecified atom stereocenters. The highest BCUT2D eigenvalue weighted by Crippen LogP contribution is 2.40. The highest BCUT2D eigenvalue weighted by molar-refractivity contribution is 7.99. The number of hydrogen-bond acceptors (Lipinski definition) is 4. The summed E-state index contributed by atoms with van der Waals surface area (Å²) in [5.74, 6) is 0.649. The third-order valence-corrected chi connectivity index (χ3v) is 4.02. The number of aliphatic carboxylic acids is 1. The predicted molar refractivity (Wildman–Crippen MR) is 70.0 cm³/mol. The Kier molecular flexibility index (Phi) is 4.27. The second-order valence-electron chi connectivity index (χ2n) is 4.81. The smallest absolute Gasteiger partial charge is 0.313 e. The summed E-state index contributed by atoms with van der Waals surface area (Å²) in [4.78, 5) is 10.6. The van der Waals surface area contributed by atoms with Crippen LogP contribution in [0.2, 0.25) is 0 Å². The number of hydrogen-bond donors (Lipinski definition) is 1. The molecular weight excluding hydrogens is 250 g/mol. The maximum atomic E-state index is 10.6. The van der Waals surface area contributed by atoms with Crippen LogP contribution < -0.4 is 0 Å². The van der Waals surface area contributed by atoms with Crippen LogP contribution in [-0.4, -0.2) is 31.6 Å². The fraction of sp³-hybridized carbons (Fsp3) is 0.750. The molecule has 6 heteroatoms. The van der Waals surface area contributed by atoms with Gasteiger partial charge in [-0.3, -0.25) is 4.79 Å². The van der Waals surface area contributed by atoms with E-state index in [-0.39, 0.29) is 5.75 Å². The summed E-state index contributed by atoms with van der Waals surface area (Å²) < 4.78 is 2.16. The van der Waals surface area contributed by atoms with Crippen molar-refractivity contribution in [3.8, 4) is 0 Å². The summed E-state index contributed by atoms with van der Waals surface area (Å²) >= 11 is 1.27. The molecule has 18 heavy (non-hydrogen) atoms. The number of carbonyl (C=O) groups is 1. The van der Waals surface area contributed by atoms with Gasteiger partial charge in [-0.25, -0.2) is 0 Å². The first kappa shape index (κ1) is 13.4. The molecule has 0 radical (unpaired) electrons. The highest BCUT2D eigenvalue weighted by atomic mass is 32.2. The van der Waals surface area contributed by atoms with E-state index in [1.165, 1.54) is 11.8 Å². The maximum Gasteiger partial charge on any atom is 0.313 e.